The number of carbonyl (C=O) groups excluding carboxylic acids is 1. The summed E-state index contributed by atoms with van der Waals surface area (Å²) >= 11 is 0. The SMILES string of the molecule is CCOC(=O)c1[nH]nc([C@H]2O[C@@H](COC(c3ccccc3)(c3ccccc3)c3ccccc3)[C@@H]3OC(C)(C)O[C@@H]32)c1O. The minimum atomic E-state index is -0.957. The number of aromatic hydroxyl groups is 1. The van der Waals surface area contributed by atoms with Crippen molar-refractivity contribution in [1.82, 2.24) is 10.2 Å². The number of fused-ring (bicyclic) bond motifs is 1. The topological polar surface area (TPSA) is 112 Å². The number of ether oxygens (including phenoxy) is 5. The van der Waals surface area contributed by atoms with Crippen molar-refractivity contribution in [2.24, 2.45) is 0 Å². The van der Waals surface area contributed by atoms with E-state index in [0.717, 1.165) is 16.7 Å². The molecule has 2 saturated heterocycles. The summed E-state index contributed by atoms with van der Waals surface area (Å²) in [5.41, 5.74) is 1.93. The zero-order valence-electron chi connectivity index (χ0n) is 23.7. The highest BCUT2D eigenvalue weighted by Crippen LogP contribution is 2.48. The fourth-order valence-corrected chi connectivity index (χ4v) is 5.91. The van der Waals surface area contributed by atoms with Gasteiger partial charge in [0.1, 0.15) is 35.7 Å². The molecule has 2 aliphatic heterocycles. The summed E-state index contributed by atoms with van der Waals surface area (Å²) in [6, 6.07) is 30.2. The number of nitrogens with one attached hydrogen (secondary N) is 1. The summed E-state index contributed by atoms with van der Waals surface area (Å²) in [5.74, 6) is -1.94. The van der Waals surface area contributed by atoms with Crippen molar-refractivity contribution < 1.29 is 33.6 Å². The summed E-state index contributed by atoms with van der Waals surface area (Å²) in [4.78, 5) is 12.3. The van der Waals surface area contributed by atoms with Gasteiger partial charge in [0.05, 0.1) is 13.2 Å². The Morgan fingerprint density at radius 1 is 0.905 bits per heavy atom. The molecular formula is C33H34N2O7. The van der Waals surface area contributed by atoms with Crippen LogP contribution in [0.4, 0.5) is 0 Å². The molecule has 9 heteroatoms. The molecule has 2 N–H and O–H groups in total. The highest BCUT2D eigenvalue weighted by Gasteiger charge is 2.57. The minimum Gasteiger partial charge on any atom is -0.504 e. The molecule has 4 atom stereocenters. The van der Waals surface area contributed by atoms with Crippen LogP contribution in [0.15, 0.2) is 91.0 Å². The van der Waals surface area contributed by atoms with Crippen LogP contribution in [-0.2, 0) is 29.3 Å². The molecule has 9 nitrogen and oxygen atoms in total. The van der Waals surface area contributed by atoms with Crippen LogP contribution >= 0.6 is 0 Å². The Bertz CT molecular complexity index is 1410. The molecule has 2 aliphatic rings. The lowest BCUT2D eigenvalue weighted by molar-refractivity contribution is -0.196. The van der Waals surface area contributed by atoms with Gasteiger partial charge in [-0.25, -0.2) is 4.79 Å². The second-order valence-corrected chi connectivity index (χ2v) is 10.8. The molecule has 0 spiro atoms. The molecule has 42 heavy (non-hydrogen) atoms. The maximum absolute atomic E-state index is 12.3. The van der Waals surface area contributed by atoms with E-state index >= 15 is 0 Å². The van der Waals surface area contributed by atoms with Gasteiger partial charge in [0, 0.05) is 0 Å². The molecule has 2 fully saturated rings. The predicted molar refractivity (Wildman–Crippen MR) is 153 cm³/mol. The zero-order valence-corrected chi connectivity index (χ0v) is 23.7. The Morgan fingerprint density at radius 2 is 1.43 bits per heavy atom. The summed E-state index contributed by atoms with van der Waals surface area (Å²) in [6.07, 6.45) is -2.52. The smallest absolute Gasteiger partial charge is 0.360 e. The molecule has 4 aromatic rings. The Balaban J connectivity index is 1.37. The third kappa shape index (κ3) is 4.98. The molecule has 0 bridgehead atoms. The maximum atomic E-state index is 12.3. The van der Waals surface area contributed by atoms with E-state index in [0.29, 0.717) is 0 Å². The van der Waals surface area contributed by atoms with Crippen molar-refractivity contribution in [3.05, 3.63) is 119 Å². The van der Waals surface area contributed by atoms with E-state index in [1.807, 2.05) is 68.4 Å². The molecule has 0 aliphatic carbocycles. The molecule has 3 heterocycles. The standard InChI is InChI=1S/C33H34N2O7/c1-4-38-31(37)26-27(36)25(34-35-26)29-30-28(41-32(2,3)42-30)24(40-29)20-39-33(21-14-8-5-9-15-21,22-16-10-6-11-17-22)23-18-12-7-13-19-23/h5-19,24,28-30,36H,4,20H2,1-3H3,(H,34,35)/t24-,28-,29+,30-/m0/s1. The van der Waals surface area contributed by atoms with E-state index in [1.165, 1.54) is 0 Å². The Hall–Kier alpha value is -4.02. The van der Waals surface area contributed by atoms with E-state index in [-0.39, 0.29) is 30.4 Å². The first-order valence-corrected chi connectivity index (χ1v) is 14.1. The number of nitrogens with zero attached hydrogens (tertiary/aromatic N) is 1. The number of aromatic nitrogens is 2. The highest BCUT2D eigenvalue weighted by atomic mass is 16.8. The molecule has 0 unspecified atom stereocenters. The number of carbonyl (C=O) groups is 1. The Labute approximate surface area is 244 Å². The lowest BCUT2D eigenvalue weighted by atomic mass is 9.80. The van der Waals surface area contributed by atoms with E-state index in [1.54, 1.807) is 6.92 Å². The normalized spacial score (nSPS) is 23.0. The lowest BCUT2D eigenvalue weighted by Gasteiger charge is -2.37. The zero-order chi connectivity index (χ0) is 29.3. The van der Waals surface area contributed by atoms with Gasteiger partial charge in [0.15, 0.2) is 17.2 Å². The van der Waals surface area contributed by atoms with Crippen molar-refractivity contribution in [3.8, 4) is 5.75 Å². The highest BCUT2D eigenvalue weighted by molar-refractivity contribution is 5.90. The minimum absolute atomic E-state index is 0.131. The van der Waals surface area contributed by atoms with Gasteiger partial charge in [-0.15, -0.1) is 0 Å². The van der Waals surface area contributed by atoms with E-state index in [2.05, 4.69) is 46.6 Å². The van der Waals surface area contributed by atoms with E-state index < -0.39 is 41.8 Å². The lowest BCUT2D eigenvalue weighted by Crippen LogP contribution is -2.39. The predicted octanol–water partition coefficient (Wildman–Crippen LogP) is 5.26. The van der Waals surface area contributed by atoms with Crippen LogP contribution in [0, 0.1) is 0 Å². The number of esters is 1. The number of H-pyrrole nitrogens is 1. The first-order valence-electron chi connectivity index (χ1n) is 14.1. The second-order valence-electron chi connectivity index (χ2n) is 10.8. The van der Waals surface area contributed by atoms with Crippen molar-refractivity contribution in [2.45, 2.75) is 56.6 Å². The van der Waals surface area contributed by atoms with Crippen LogP contribution < -0.4 is 0 Å². The Kier molecular flexibility index (Phi) is 7.59. The quantitative estimate of drug-likeness (QED) is 0.207. The first kappa shape index (κ1) is 28.1. The van der Waals surface area contributed by atoms with Gasteiger partial charge in [-0.2, -0.15) is 5.10 Å². The summed E-state index contributed by atoms with van der Waals surface area (Å²) in [6.45, 7) is 5.64. The van der Waals surface area contributed by atoms with Crippen molar-refractivity contribution in [3.63, 3.8) is 0 Å². The van der Waals surface area contributed by atoms with Crippen LogP contribution in [0.1, 0.15) is 59.7 Å². The average Bonchev–Trinajstić information content (AvgIpc) is 3.65. The van der Waals surface area contributed by atoms with Gasteiger partial charge in [0.2, 0.25) is 0 Å². The average molecular weight is 571 g/mol. The molecule has 0 amide bonds. The Morgan fingerprint density at radius 3 is 1.95 bits per heavy atom. The molecular weight excluding hydrogens is 536 g/mol. The van der Waals surface area contributed by atoms with Crippen LogP contribution in [0.3, 0.4) is 0 Å². The van der Waals surface area contributed by atoms with Gasteiger partial charge in [-0.3, -0.25) is 5.10 Å². The van der Waals surface area contributed by atoms with Gasteiger partial charge in [-0.05, 0) is 37.5 Å². The van der Waals surface area contributed by atoms with Gasteiger partial charge >= 0.3 is 5.97 Å². The van der Waals surface area contributed by atoms with Gasteiger partial charge < -0.3 is 28.8 Å². The van der Waals surface area contributed by atoms with E-state index in [4.69, 9.17) is 23.7 Å². The fraction of sp³-hybridized carbons (Fsp3) is 0.333. The molecule has 1 aromatic heterocycles. The van der Waals surface area contributed by atoms with Crippen molar-refractivity contribution >= 4 is 5.97 Å². The molecule has 6 rings (SSSR count). The maximum Gasteiger partial charge on any atom is 0.360 e. The van der Waals surface area contributed by atoms with Gasteiger partial charge in [0.25, 0.3) is 0 Å². The number of aromatic amines is 1. The van der Waals surface area contributed by atoms with Crippen LogP contribution in [0.2, 0.25) is 0 Å². The van der Waals surface area contributed by atoms with E-state index in [9.17, 15) is 9.90 Å². The number of benzene rings is 3. The molecule has 0 radical (unpaired) electrons. The second kappa shape index (κ2) is 11.3. The van der Waals surface area contributed by atoms with Crippen molar-refractivity contribution in [1.29, 1.82) is 0 Å². The number of hydrogen-bond donors (Lipinski definition) is 2. The molecule has 218 valence electrons. The summed E-state index contributed by atoms with van der Waals surface area (Å²) in [5, 5.41) is 17.7. The largest absolute Gasteiger partial charge is 0.504 e. The van der Waals surface area contributed by atoms with Crippen molar-refractivity contribution in [2.75, 3.05) is 13.2 Å². The monoisotopic (exact) mass is 570 g/mol. The third-order valence-corrected chi connectivity index (χ3v) is 7.67. The van der Waals surface area contributed by atoms with Gasteiger partial charge in [-0.1, -0.05) is 91.0 Å². The van der Waals surface area contributed by atoms with Crippen LogP contribution in [0.5, 0.6) is 5.75 Å². The summed E-state index contributed by atoms with van der Waals surface area (Å²) in [7, 11) is 0. The number of rotatable bonds is 9. The third-order valence-electron chi connectivity index (χ3n) is 7.67. The van der Waals surface area contributed by atoms with Crippen LogP contribution in [0.25, 0.3) is 0 Å². The summed E-state index contributed by atoms with van der Waals surface area (Å²) < 4.78 is 31.1. The first-order chi connectivity index (χ1) is 20.3. The number of hydrogen-bond acceptors (Lipinski definition) is 8. The molecule has 3 aromatic carbocycles. The molecule has 0 saturated carbocycles. The van der Waals surface area contributed by atoms with Crippen LogP contribution in [-0.4, -0.2) is 58.6 Å². The fourth-order valence-electron chi connectivity index (χ4n) is 5.91.